The molecule has 2 bridgehead atoms. The monoisotopic (exact) mass is 352 g/mol. The minimum atomic E-state index is -3.01. The highest BCUT2D eigenvalue weighted by atomic mass is 32.2. The van der Waals surface area contributed by atoms with Crippen molar-refractivity contribution in [2.24, 2.45) is 0 Å². The van der Waals surface area contributed by atoms with Gasteiger partial charge in [0.25, 0.3) is 0 Å². The Balaban J connectivity index is 2.06. The van der Waals surface area contributed by atoms with E-state index in [4.69, 9.17) is 0 Å². The van der Waals surface area contributed by atoms with Crippen molar-refractivity contribution >= 4 is 9.84 Å². The summed E-state index contributed by atoms with van der Waals surface area (Å²) in [6.07, 6.45) is 19.0. The second kappa shape index (κ2) is 8.69. The van der Waals surface area contributed by atoms with Crippen LogP contribution in [0.4, 0.5) is 0 Å². The van der Waals surface area contributed by atoms with Gasteiger partial charge in [-0.3, -0.25) is 0 Å². The summed E-state index contributed by atoms with van der Waals surface area (Å²) in [5.74, 6) is 0. The molecule has 2 rings (SSSR count). The molecule has 0 aromatic heterocycles. The first-order valence-corrected chi connectivity index (χ1v) is 11.5. The van der Waals surface area contributed by atoms with Crippen LogP contribution in [-0.4, -0.2) is 17.9 Å². The Bertz CT molecular complexity index is 522. The van der Waals surface area contributed by atoms with E-state index in [0.717, 1.165) is 96.3 Å². The summed E-state index contributed by atoms with van der Waals surface area (Å²) in [6.45, 7) is 7.54. The molecule has 24 heavy (non-hydrogen) atoms. The number of hydrogen-bond donors (Lipinski definition) is 0. The zero-order valence-corrected chi connectivity index (χ0v) is 16.2. The maximum atomic E-state index is 13.6. The van der Waals surface area contributed by atoms with Crippen LogP contribution < -0.4 is 0 Å². The second-order valence-electron chi connectivity index (χ2n) is 8.00. The molecule has 2 atom stereocenters. The maximum Gasteiger partial charge on any atom is 0.161 e. The van der Waals surface area contributed by atoms with E-state index in [2.05, 4.69) is 13.2 Å². The molecule has 2 aliphatic rings. The predicted octanol–water partition coefficient (Wildman–Crippen LogP) is 6.13. The normalized spacial score (nSPS) is 31.5. The van der Waals surface area contributed by atoms with Gasteiger partial charge in [-0.05, 0) is 64.2 Å². The molecular weight excluding hydrogens is 316 g/mol. The Morgan fingerprint density at radius 2 is 1.17 bits per heavy atom. The average molecular weight is 353 g/mol. The van der Waals surface area contributed by atoms with E-state index >= 15 is 0 Å². The van der Waals surface area contributed by atoms with Gasteiger partial charge in [0.1, 0.15) is 0 Å². The molecule has 0 radical (unpaired) electrons. The van der Waals surface area contributed by atoms with Crippen LogP contribution in [0.3, 0.4) is 0 Å². The Hall–Kier alpha value is -0.570. The minimum Gasteiger partial charge on any atom is -0.228 e. The van der Waals surface area contributed by atoms with Gasteiger partial charge in [0.05, 0.1) is 9.49 Å². The van der Waals surface area contributed by atoms with Gasteiger partial charge in [0.2, 0.25) is 0 Å². The standard InChI is InChI=1S/C21H36O2S/c1-3-5-7-9-11-15-21-17-13-12-16-20(18-19-21,24(21,22)23)14-10-8-6-4-2/h3-4H,1-2,5-19H2. The smallest absolute Gasteiger partial charge is 0.161 e. The van der Waals surface area contributed by atoms with E-state index in [9.17, 15) is 8.42 Å². The molecule has 0 aliphatic carbocycles. The fourth-order valence-electron chi connectivity index (χ4n) is 5.01. The Kier molecular flexibility index (Phi) is 7.15. The number of unbranched alkanes of at least 4 members (excludes halogenated alkanes) is 5. The predicted molar refractivity (Wildman–Crippen MR) is 104 cm³/mol. The van der Waals surface area contributed by atoms with Crippen molar-refractivity contribution in [3.8, 4) is 0 Å². The van der Waals surface area contributed by atoms with Gasteiger partial charge in [0.15, 0.2) is 9.84 Å². The highest BCUT2D eigenvalue weighted by Crippen LogP contribution is 2.56. The second-order valence-corrected chi connectivity index (χ2v) is 10.7. The van der Waals surface area contributed by atoms with E-state index < -0.39 is 19.3 Å². The molecular formula is C21H36O2S. The summed E-state index contributed by atoms with van der Waals surface area (Å²) in [7, 11) is -3.01. The van der Waals surface area contributed by atoms with Gasteiger partial charge >= 0.3 is 0 Å². The zero-order chi connectivity index (χ0) is 17.5. The summed E-state index contributed by atoms with van der Waals surface area (Å²) >= 11 is 0. The van der Waals surface area contributed by atoms with Gasteiger partial charge in [-0.1, -0.05) is 44.3 Å². The molecule has 138 valence electrons. The van der Waals surface area contributed by atoms with E-state index in [0.29, 0.717) is 0 Å². The number of sulfone groups is 1. The SMILES string of the molecule is C=CCCCCCC12CCCCC(CCCCC=C)(CC1)S2(=O)=O. The molecule has 0 N–H and O–H groups in total. The van der Waals surface area contributed by atoms with Crippen LogP contribution in [0.5, 0.6) is 0 Å². The van der Waals surface area contributed by atoms with Gasteiger partial charge in [-0.2, -0.15) is 0 Å². The van der Waals surface area contributed by atoms with Gasteiger partial charge in [-0.15, -0.1) is 13.2 Å². The van der Waals surface area contributed by atoms with E-state index in [1.165, 1.54) is 0 Å². The molecule has 0 saturated carbocycles. The minimum absolute atomic E-state index is 0.393. The number of allylic oxidation sites excluding steroid dienone is 2. The quantitative estimate of drug-likeness (QED) is 0.331. The molecule has 2 heterocycles. The van der Waals surface area contributed by atoms with Crippen LogP contribution in [0, 0.1) is 0 Å². The third kappa shape index (κ3) is 3.81. The number of rotatable bonds is 11. The van der Waals surface area contributed by atoms with E-state index in [1.807, 2.05) is 12.2 Å². The van der Waals surface area contributed by atoms with Crippen molar-refractivity contribution in [2.45, 2.75) is 106 Å². The van der Waals surface area contributed by atoms with Crippen LogP contribution in [0.25, 0.3) is 0 Å². The lowest BCUT2D eigenvalue weighted by Crippen LogP contribution is -2.43. The lowest BCUT2D eigenvalue weighted by atomic mass is 9.81. The third-order valence-electron chi connectivity index (χ3n) is 6.52. The van der Waals surface area contributed by atoms with Crippen molar-refractivity contribution in [1.29, 1.82) is 0 Å². The Labute approximate surface area is 149 Å². The largest absolute Gasteiger partial charge is 0.228 e. The fraction of sp³-hybridized carbons (Fsp3) is 0.810. The molecule has 0 aromatic rings. The maximum absolute atomic E-state index is 13.6. The van der Waals surface area contributed by atoms with Crippen LogP contribution in [0.15, 0.2) is 25.3 Å². The number of hydrogen-bond acceptors (Lipinski definition) is 2. The first-order valence-electron chi connectivity index (χ1n) is 10.00. The molecule has 0 amide bonds. The molecule has 0 aromatic carbocycles. The van der Waals surface area contributed by atoms with Gasteiger partial charge < -0.3 is 0 Å². The zero-order valence-electron chi connectivity index (χ0n) is 15.4. The molecule has 2 fully saturated rings. The van der Waals surface area contributed by atoms with Crippen LogP contribution in [-0.2, 0) is 9.84 Å². The first kappa shape index (κ1) is 19.8. The molecule has 3 heteroatoms. The third-order valence-corrected chi connectivity index (χ3v) is 10.0. The summed E-state index contributed by atoms with van der Waals surface area (Å²) in [6, 6.07) is 0. The molecule has 2 nitrogen and oxygen atoms in total. The van der Waals surface area contributed by atoms with E-state index in [-0.39, 0.29) is 0 Å². The Morgan fingerprint density at radius 1 is 0.708 bits per heavy atom. The highest BCUT2D eigenvalue weighted by molar-refractivity contribution is 7.94. The first-order chi connectivity index (χ1) is 11.5. The van der Waals surface area contributed by atoms with Crippen LogP contribution >= 0.6 is 0 Å². The van der Waals surface area contributed by atoms with Crippen LogP contribution in [0.1, 0.15) is 96.3 Å². The highest BCUT2D eigenvalue weighted by Gasteiger charge is 2.61. The summed E-state index contributed by atoms with van der Waals surface area (Å²) in [4.78, 5) is 0. The van der Waals surface area contributed by atoms with Crippen molar-refractivity contribution in [3.05, 3.63) is 25.3 Å². The lowest BCUT2D eigenvalue weighted by Gasteiger charge is -2.32. The fourth-order valence-corrected chi connectivity index (χ4v) is 8.33. The van der Waals surface area contributed by atoms with Crippen molar-refractivity contribution in [2.75, 3.05) is 0 Å². The van der Waals surface area contributed by atoms with Gasteiger partial charge in [0, 0.05) is 0 Å². The molecule has 2 aliphatic heterocycles. The van der Waals surface area contributed by atoms with Crippen molar-refractivity contribution < 1.29 is 8.42 Å². The lowest BCUT2D eigenvalue weighted by molar-refractivity contribution is 0.369. The molecule has 0 spiro atoms. The Morgan fingerprint density at radius 3 is 1.67 bits per heavy atom. The topological polar surface area (TPSA) is 34.1 Å². The molecule has 2 unspecified atom stereocenters. The molecule has 2 saturated heterocycles. The van der Waals surface area contributed by atoms with Gasteiger partial charge in [-0.25, -0.2) is 8.42 Å². The van der Waals surface area contributed by atoms with Crippen molar-refractivity contribution in [1.82, 2.24) is 0 Å². The van der Waals surface area contributed by atoms with Crippen LogP contribution in [0.2, 0.25) is 0 Å². The summed E-state index contributed by atoms with van der Waals surface area (Å²) < 4.78 is 26.4. The number of fused-ring (bicyclic) bond motifs is 2. The van der Waals surface area contributed by atoms with Crippen molar-refractivity contribution in [3.63, 3.8) is 0 Å². The van der Waals surface area contributed by atoms with E-state index in [1.54, 1.807) is 0 Å². The summed E-state index contributed by atoms with van der Waals surface area (Å²) in [5, 5.41) is 0. The summed E-state index contributed by atoms with van der Waals surface area (Å²) in [5.41, 5.74) is 0. The average Bonchev–Trinajstić information content (AvgIpc) is 2.69.